The van der Waals surface area contributed by atoms with Gasteiger partial charge in [-0.2, -0.15) is 0 Å². The quantitative estimate of drug-likeness (QED) is 0.410. The van der Waals surface area contributed by atoms with Crippen molar-refractivity contribution in [3.63, 3.8) is 0 Å². The topological polar surface area (TPSA) is 99.8 Å². The highest BCUT2D eigenvalue weighted by Crippen LogP contribution is 2.18. The zero-order chi connectivity index (χ0) is 22.5. The number of hydrogen-bond acceptors (Lipinski definition) is 7. The summed E-state index contributed by atoms with van der Waals surface area (Å²) in [6, 6.07) is 14.7. The van der Waals surface area contributed by atoms with Crippen LogP contribution in [0.15, 0.2) is 70.9 Å². The Hall–Kier alpha value is -3.79. The van der Waals surface area contributed by atoms with Crippen LogP contribution in [0.3, 0.4) is 0 Å². The molecule has 0 radical (unpaired) electrons. The summed E-state index contributed by atoms with van der Waals surface area (Å²) in [5.41, 5.74) is 1.46. The van der Waals surface area contributed by atoms with E-state index in [0.717, 1.165) is 11.3 Å². The van der Waals surface area contributed by atoms with Gasteiger partial charge in [-0.15, -0.1) is 10.2 Å². The number of thioether (sulfide) groups is 1. The molecule has 0 unspecified atom stereocenters. The summed E-state index contributed by atoms with van der Waals surface area (Å²) < 4.78 is 13.5. The second-order valence-corrected chi connectivity index (χ2v) is 7.71. The third kappa shape index (κ3) is 4.59. The second-order valence-electron chi connectivity index (χ2n) is 6.77. The number of hydrogen-bond donors (Lipinski definition) is 1. The monoisotopic (exact) mass is 451 g/mol. The highest BCUT2D eigenvalue weighted by Gasteiger charge is 2.14. The van der Waals surface area contributed by atoms with E-state index in [1.54, 1.807) is 55.3 Å². The van der Waals surface area contributed by atoms with Gasteiger partial charge < -0.3 is 14.8 Å². The van der Waals surface area contributed by atoms with E-state index in [1.165, 1.54) is 16.3 Å². The number of benzene rings is 2. The Morgan fingerprint density at radius 1 is 1.03 bits per heavy atom. The SMILES string of the molecule is COc1cccc(CNC(=O)CSc2nnc3c(=O)n(-c4cccc(OC)c4)ccn23)c1. The normalized spacial score (nSPS) is 10.8. The zero-order valence-corrected chi connectivity index (χ0v) is 18.3. The minimum Gasteiger partial charge on any atom is -0.497 e. The van der Waals surface area contributed by atoms with Gasteiger partial charge in [0.2, 0.25) is 11.6 Å². The van der Waals surface area contributed by atoms with E-state index in [0.29, 0.717) is 23.1 Å². The molecule has 164 valence electrons. The van der Waals surface area contributed by atoms with Gasteiger partial charge >= 0.3 is 5.56 Å². The van der Waals surface area contributed by atoms with Gasteiger partial charge in [0.1, 0.15) is 11.5 Å². The number of amides is 1. The maximum Gasteiger partial charge on any atom is 0.300 e. The van der Waals surface area contributed by atoms with Gasteiger partial charge in [-0.05, 0) is 29.8 Å². The Morgan fingerprint density at radius 2 is 1.78 bits per heavy atom. The molecule has 0 aliphatic carbocycles. The van der Waals surface area contributed by atoms with Crippen LogP contribution in [0.4, 0.5) is 0 Å². The average Bonchev–Trinajstić information content (AvgIpc) is 3.25. The van der Waals surface area contributed by atoms with Gasteiger partial charge in [-0.3, -0.25) is 18.6 Å². The average molecular weight is 452 g/mol. The van der Waals surface area contributed by atoms with Crippen molar-refractivity contribution in [2.24, 2.45) is 0 Å². The zero-order valence-electron chi connectivity index (χ0n) is 17.5. The number of aromatic nitrogens is 4. The van der Waals surface area contributed by atoms with E-state index in [-0.39, 0.29) is 22.9 Å². The van der Waals surface area contributed by atoms with Gasteiger partial charge in [0.15, 0.2) is 5.16 Å². The van der Waals surface area contributed by atoms with Crippen molar-refractivity contribution in [2.45, 2.75) is 11.7 Å². The molecular weight excluding hydrogens is 430 g/mol. The van der Waals surface area contributed by atoms with Crippen LogP contribution in [0.2, 0.25) is 0 Å². The predicted octanol–water partition coefficient (Wildman–Crippen LogP) is 2.31. The molecule has 0 spiro atoms. The fourth-order valence-electron chi connectivity index (χ4n) is 3.09. The van der Waals surface area contributed by atoms with E-state index in [4.69, 9.17) is 9.47 Å². The standard InChI is InChI=1S/C22H21N5O4S/c1-30-17-7-3-5-15(11-17)13-23-19(28)14-32-22-25-24-20-21(29)26(9-10-27(20)22)16-6-4-8-18(12-16)31-2/h3-12H,13-14H2,1-2H3,(H,23,28). The molecule has 1 amide bonds. The Kier molecular flexibility index (Phi) is 6.41. The summed E-state index contributed by atoms with van der Waals surface area (Å²) in [4.78, 5) is 25.2. The van der Waals surface area contributed by atoms with E-state index < -0.39 is 0 Å². The van der Waals surface area contributed by atoms with Gasteiger partial charge in [-0.1, -0.05) is 30.0 Å². The molecule has 9 nitrogen and oxygen atoms in total. The second kappa shape index (κ2) is 9.56. The first-order valence-electron chi connectivity index (χ1n) is 9.72. The van der Waals surface area contributed by atoms with Crippen LogP contribution in [0.25, 0.3) is 11.3 Å². The first-order valence-corrected chi connectivity index (χ1v) is 10.7. The van der Waals surface area contributed by atoms with Gasteiger partial charge in [-0.25, -0.2) is 0 Å². The number of nitrogens with zero attached hydrogens (tertiary/aromatic N) is 4. The lowest BCUT2D eigenvalue weighted by Crippen LogP contribution is -2.24. The molecule has 0 fully saturated rings. The molecule has 0 aliphatic heterocycles. The molecule has 0 saturated carbocycles. The number of carbonyl (C=O) groups excluding carboxylic acids is 1. The lowest BCUT2D eigenvalue weighted by Gasteiger charge is -2.08. The molecule has 2 heterocycles. The number of carbonyl (C=O) groups is 1. The number of methoxy groups -OCH3 is 2. The van der Waals surface area contributed by atoms with Crippen molar-refractivity contribution in [1.82, 2.24) is 24.5 Å². The van der Waals surface area contributed by atoms with Gasteiger partial charge in [0.05, 0.1) is 25.7 Å². The summed E-state index contributed by atoms with van der Waals surface area (Å²) >= 11 is 1.21. The predicted molar refractivity (Wildman–Crippen MR) is 121 cm³/mol. The van der Waals surface area contributed by atoms with E-state index in [2.05, 4.69) is 15.5 Å². The van der Waals surface area contributed by atoms with Gasteiger partial charge in [0, 0.05) is 25.0 Å². The Balaban J connectivity index is 1.44. The number of rotatable bonds is 8. The van der Waals surface area contributed by atoms with Crippen LogP contribution in [-0.2, 0) is 11.3 Å². The van der Waals surface area contributed by atoms with Crippen LogP contribution in [0.1, 0.15) is 5.56 Å². The minimum atomic E-state index is -0.317. The highest BCUT2D eigenvalue weighted by molar-refractivity contribution is 7.99. The summed E-state index contributed by atoms with van der Waals surface area (Å²) in [5, 5.41) is 11.4. The molecular formula is C22H21N5O4S. The summed E-state index contributed by atoms with van der Waals surface area (Å²) in [7, 11) is 3.17. The molecule has 10 heteroatoms. The van der Waals surface area contributed by atoms with Crippen LogP contribution in [0, 0.1) is 0 Å². The van der Waals surface area contributed by atoms with Crippen molar-refractivity contribution in [2.75, 3.05) is 20.0 Å². The van der Waals surface area contributed by atoms with Crippen molar-refractivity contribution < 1.29 is 14.3 Å². The molecule has 1 N–H and O–H groups in total. The summed E-state index contributed by atoms with van der Waals surface area (Å²) in [5.74, 6) is 1.37. The molecule has 4 aromatic rings. The summed E-state index contributed by atoms with van der Waals surface area (Å²) in [6.45, 7) is 0.391. The lowest BCUT2D eigenvalue weighted by atomic mass is 10.2. The number of ether oxygens (including phenoxy) is 2. The Labute approximate surface area is 188 Å². The first kappa shape index (κ1) is 21.4. The molecule has 2 aromatic carbocycles. The van der Waals surface area contributed by atoms with E-state index in [1.807, 2.05) is 24.3 Å². The fourth-order valence-corrected chi connectivity index (χ4v) is 3.84. The molecule has 4 rings (SSSR count). The van der Waals surface area contributed by atoms with Crippen LogP contribution >= 0.6 is 11.8 Å². The summed E-state index contributed by atoms with van der Waals surface area (Å²) in [6.07, 6.45) is 3.34. The lowest BCUT2D eigenvalue weighted by molar-refractivity contribution is -0.118. The third-order valence-electron chi connectivity index (χ3n) is 4.73. The van der Waals surface area contributed by atoms with Crippen LogP contribution in [-0.4, -0.2) is 45.0 Å². The van der Waals surface area contributed by atoms with Crippen LogP contribution in [0.5, 0.6) is 11.5 Å². The molecule has 2 aromatic heterocycles. The molecule has 0 bridgehead atoms. The Morgan fingerprint density at radius 3 is 2.56 bits per heavy atom. The molecule has 32 heavy (non-hydrogen) atoms. The number of fused-ring (bicyclic) bond motifs is 1. The van der Waals surface area contributed by atoms with Crippen molar-refractivity contribution in [3.8, 4) is 17.2 Å². The number of nitrogens with one attached hydrogen (secondary N) is 1. The minimum absolute atomic E-state index is 0.143. The Bertz CT molecular complexity index is 1320. The van der Waals surface area contributed by atoms with Gasteiger partial charge in [0.25, 0.3) is 0 Å². The molecule has 0 atom stereocenters. The van der Waals surface area contributed by atoms with Crippen molar-refractivity contribution >= 4 is 23.3 Å². The third-order valence-corrected chi connectivity index (χ3v) is 5.67. The fraction of sp³-hybridized carbons (Fsp3) is 0.182. The van der Waals surface area contributed by atoms with E-state index >= 15 is 0 Å². The highest BCUT2D eigenvalue weighted by atomic mass is 32.2. The molecule has 0 saturated heterocycles. The maximum atomic E-state index is 12.9. The maximum absolute atomic E-state index is 12.9. The largest absolute Gasteiger partial charge is 0.497 e. The van der Waals surface area contributed by atoms with Crippen molar-refractivity contribution in [3.05, 3.63) is 76.8 Å². The smallest absolute Gasteiger partial charge is 0.300 e. The van der Waals surface area contributed by atoms with E-state index in [9.17, 15) is 9.59 Å². The van der Waals surface area contributed by atoms with Crippen molar-refractivity contribution in [1.29, 1.82) is 0 Å². The first-order chi connectivity index (χ1) is 15.6. The molecule has 0 aliphatic rings. The van der Waals surface area contributed by atoms with Crippen LogP contribution < -0.4 is 20.3 Å².